The highest BCUT2D eigenvalue weighted by molar-refractivity contribution is 5.89. The van der Waals surface area contributed by atoms with Crippen LogP contribution in [0.15, 0.2) is 0 Å². The number of carbonyl (C=O) groups excluding carboxylic acids is 3. The van der Waals surface area contributed by atoms with Gasteiger partial charge in [-0.25, -0.2) is 4.79 Å². The van der Waals surface area contributed by atoms with Crippen LogP contribution in [0.4, 0.5) is 4.79 Å². The molecule has 0 aromatic heterocycles. The third-order valence-electron chi connectivity index (χ3n) is 6.05. The van der Waals surface area contributed by atoms with Crippen LogP contribution in [0.3, 0.4) is 0 Å². The predicted molar refractivity (Wildman–Crippen MR) is 109 cm³/mol. The number of likely N-dealkylation sites (tertiary alicyclic amines) is 1. The topological polar surface area (TPSA) is 82.2 Å². The molecule has 0 aromatic carbocycles. The summed E-state index contributed by atoms with van der Waals surface area (Å²) < 4.78 is 5.42. The van der Waals surface area contributed by atoms with Gasteiger partial charge in [-0.2, -0.15) is 0 Å². The number of piperazine rings is 1. The number of nitrogens with one attached hydrogen (secondary N) is 1. The van der Waals surface area contributed by atoms with Crippen molar-refractivity contribution in [1.82, 2.24) is 20.0 Å². The van der Waals surface area contributed by atoms with Gasteiger partial charge in [-0.1, -0.05) is 12.8 Å². The van der Waals surface area contributed by atoms with Crippen molar-refractivity contribution in [3.63, 3.8) is 0 Å². The summed E-state index contributed by atoms with van der Waals surface area (Å²) in [5.74, 6) is -0.0892. The fourth-order valence-corrected chi connectivity index (χ4v) is 4.44. The van der Waals surface area contributed by atoms with E-state index in [1.807, 2.05) is 25.7 Å². The van der Waals surface area contributed by atoms with E-state index in [1.165, 1.54) is 12.8 Å². The number of rotatable bonds is 5. The van der Waals surface area contributed by atoms with Gasteiger partial charge in [-0.15, -0.1) is 0 Å². The molecule has 3 rings (SSSR count). The summed E-state index contributed by atoms with van der Waals surface area (Å²) in [6.07, 6.45) is 4.61. The molecule has 1 unspecified atom stereocenters. The number of ether oxygens (including phenoxy) is 1. The lowest BCUT2D eigenvalue weighted by atomic mass is 10.1. The van der Waals surface area contributed by atoms with Gasteiger partial charge in [-0.05, 0) is 33.6 Å². The molecule has 3 aliphatic rings. The number of carbonyl (C=O) groups is 3. The molecule has 3 fully saturated rings. The molecule has 0 bridgehead atoms. The fourth-order valence-electron chi connectivity index (χ4n) is 4.44. The second-order valence-corrected chi connectivity index (χ2v) is 9.49. The molecular weight excluding hydrogens is 372 g/mol. The first kappa shape index (κ1) is 21.9. The van der Waals surface area contributed by atoms with Gasteiger partial charge >= 0.3 is 6.09 Å². The van der Waals surface area contributed by atoms with Crippen LogP contribution in [0.5, 0.6) is 0 Å². The van der Waals surface area contributed by atoms with Gasteiger partial charge in [0.15, 0.2) is 0 Å². The van der Waals surface area contributed by atoms with E-state index < -0.39 is 5.60 Å². The lowest BCUT2D eigenvalue weighted by molar-refractivity contribution is -0.130. The summed E-state index contributed by atoms with van der Waals surface area (Å²) in [5.41, 5.74) is -0.479. The highest BCUT2D eigenvalue weighted by Gasteiger charge is 2.38. The van der Waals surface area contributed by atoms with Crippen molar-refractivity contribution < 1.29 is 19.1 Å². The summed E-state index contributed by atoms with van der Waals surface area (Å²) in [6.45, 7) is 10.3. The lowest BCUT2D eigenvalue weighted by Crippen LogP contribution is -2.51. The third kappa shape index (κ3) is 6.07. The van der Waals surface area contributed by atoms with E-state index in [2.05, 4.69) is 10.2 Å². The molecule has 1 N–H and O–H groups in total. The molecule has 2 saturated heterocycles. The average molecular weight is 409 g/mol. The summed E-state index contributed by atoms with van der Waals surface area (Å²) in [7, 11) is 0. The SMILES string of the molecule is CC(C)(C)OC(=O)N1CCN(CCNC(=O)C2CC(=O)N(C3CCCC3)C2)CC1. The third-order valence-corrected chi connectivity index (χ3v) is 6.05. The highest BCUT2D eigenvalue weighted by atomic mass is 16.6. The maximum Gasteiger partial charge on any atom is 0.410 e. The van der Waals surface area contributed by atoms with Crippen molar-refractivity contribution in [2.45, 2.75) is 64.5 Å². The molecule has 8 heteroatoms. The first-order chi connectivity index (χ1) is 13.7. The van der Waals surface area contributed by atoms with E-state index in [1.54, 1.807) is 4.90 Å². The molecule has 164 valence electrons. The molecule has 3 amide bonds. The molecule has 2 aliphatic heterocycles. The molecule has 1 saturated carbocycles. The van der Waals surface area contributed by atoms with E-state index >= 15 is 0 Å². The average Bonchev–Trinajstić information content (AvgIpc) is 3.30. The van der Waals surface area contributed by atoms with Gasteiger partial charge in [-0.3, -0.25) is 14.5 Å². The van der Waals surface area contributed by atoms with Gasteiger partial charge in [0.2, 0.25) is 11.8 Å². The largest absolute Gasteiger partial charge is 0.444 e. The van der Waals surface area contributed by atoms with E-state index in [9.17, 15) is 14.4 Å². The Bertz CT molecular complexity index is 604. The van der Waals surface area contributed by atoms with Gasteiger partial charge in [0, 0.05) is 58.3 Å². The Morgan fingerprint density at radius 1 is 1.10 bits per heavy atom. The number of nitrogens with zero attached hydrogens (tertiary/aromatic N) is 3. The lowest BCUT2D eigenvalue weighted by Gasteiger charge is -2.35. The minimum absolute atomic E-state index is 0.00811. The summed E-state index contributed by atoms with van der Waals surface area (Å²) in [6, 6.07) is 0.349. The van der Waals surface area contributed by atoms with Gasteiger partial charge in [0.25, 0.3) is 0 Å². The Morgan fingerprint density at radius 3 is 2.38 bits per heavy atom. The zero-order valence-electron chi connectivity index (χ0n) is 18.1. The number of hydrogen-bond acceptors (Lipinski definition) is 5. The van der Waals surface area contributed by atoms with Crippen LogP contribution in [-0.4, -0.2) is 90.1 Å². The van der Waals surface area contributed by atoms with Crippen molar-refractivity contribution in [1.29, 1.82) is 0 Å². The standard InChI is InChI=1S/C21H36N4O4/c1-21(2,3)29-20(28)24-12-10-23(11-13-24)9-8-22-19(27)16-14-18(26)25(15-16)17-6-4-5-7-17/h16-17H,4-15H2,1-3H3,(H,22,27). The molecule has 1 aliphatic carbocycles. The first-order valence-corrected chi connectivity index (χ1v) is 11.0. The molecule has 29 heavy (non-hydrogen) atoms. The predicted octanol–water partition coefficient (Wildman–Crippen LogP) is 1.45. The van der Waals surface area contributed by atoms with Crippen LogP contribution >= 0.6 is 0 Å². The Morgan fingerprint density at radius 2 is 1.76 bits per heavy atom. The van der Waals surface area contributed by atoms with Crippen LogP contribution < -0.4 is 5.32 Å². The smallest absolute Gasteiger partial charge is 0.410 e. The summed E-state index contributed by atoms with van der Waals surface area (Å²) in [5, 5.41) is 3.00. The van der Waals surface area contributed by atoms with Crippen LogP contribution in [0.25, 0.3) is 0 Å². The van der Waals surface area contributed by atoms with Crippen LogP contribution in [0.1, 0.15) is 52.9 Å². The number of hydrogen-bond donors (Lipinski definition) is 1. The van der Waals surface area contributed by atoms with E-state index in [0.717, 1.165) is 32.5 Å². The molecule has 0 aromatic rings. The molecule has 2 heterocycles. The minimum atomic E-state index is -0.479. The summed E-state index contributed by atoms with van der Waals surface area (Å²) >= 11 is 0. The van der Waals surface area contributed by atoms with Crippen molar-refractivity contribution >= 4 is 17.9 Å². The maximum absolute atomic E-state index is 12.5. The number of amides is 3. The monoisotopic (exact) mass is 408 g/mol. The maximum atomic E-state index is 12.5. The van der Waals surface area contributed by atoms with Crippen LogP contribution in [-0.2, 0) is 14.3 Å². The Hall–Kier alpha value is -1.83. The van der Waals surface area contributed by atoms with Gasteiger partial charge < -0.3 is 19.9 Å². The van der Waals surface area contributed by atoms with E-state index in [4.69, 9.17) is 4.74 Å². The van der Waals surface area contributed by atoms with Crippen molar-refractivity contribution in [3.05, 3.63) is 0 Å². The quantitative estimate of drug-likeness (QED) is 0.745. The zero-order chi connectivity index (χ0) is 21.0. The Balaban J connectivity index is 1.33. The summed E-state index contributed by atoms with van der Waals surface area (Å²) in [4.78, 5) is 42.8. The van der Waals surface area contributed by atoms with Crippen LogP contribution in [0, 0.1) is 5.92 Å². The minimum Gasteiger partial charge on any atom is -0.444 e. The fraction of sp³-hybridized carbons (Fsp3) is 0.857. The normalized spacial score (nSPS) is 24.2. The van der Waals surface area contributed by atoms with E-state index in [0.29, 0.717) is 38.6 Å². The van der Waals surface area contributed by atoms with Crippen LogP contribution in [0.2, 0.25) is 0 Å². The second-order valence-electron chi connectivity index (χ2n) is 9.49. The zero-order valence-corrected chi connectivity index (χ0v) is 18.1. The van der Waals surface area contributed by atoms with Gasteiger partial charge in [0.1, 0.15) is 5.60 Å². The second kappa shape index (κ2) is 9.32. The molecule has 1 atom stereocenters. The Kier molecular flexibility index (Phi) is 7.03. The van der Waals surface area contributed by atoms with Crippen molar-refractivity contribution in [3.8, 4) is 0 Å². The highest BCUT2D eigenvalue weighted by Crippen LogP contribution is 2.29. The van der Waals surface area contributed by atoms with Crippen molar-refractivity contribution in [2.24, 2.45) is 5.92 Å². The first-order valence-electron chi connectivity index (χ1n) is 11.0. The van der Waals surface area contributed by atoms with Gasteiger partial charge in [0.05, 0.1) is 5.92 Å². The molecule has 0 spiro atoms. The molecule has 8 nitrogen and oxygen atoms in total. The van der Waals surface area contributed by atoms with Crippen molar-refractivity contribution in [2.75, 3.05) is 45.8 Å². The molecule has 0 radical (unpaired) electrons. The Labute approximate surface area is 173 Å². The van der Waals surface area contributed by atoms with E-state index in [-0.39, 0.29) is 23.8 Å². The molecular formula is C21H36N4O4.